The largest absolute Gasteiger partial charge is 0.481 e. The summed E-state index contributed by atoms with van der Waals surface area (Å²) in [6, 6.07) is 8.28. The lowest BCUT2D eigenvalue weighted by molar-refractivity contribution is -0.142. The van der Waals surface area contributed by atoms with E-state index in [1.54, 1.807) is 6.07 Å². The van der Waals surface area contributed by atoms with Crippen molar-refractivity contribution in [3.63, 3.8) is 0 Å². The first-order valence-electron chi connectivity index (χ1n) is 8.15. The third kappa shape index (κ3) is 4.93. The smallest absolute Gasteiger partial charge is 0.307 e. The zero-order valence-electron chi connectivity index (χ0n) is 14.3. The van der Waals surface area contributed by atoms with Crippen LogP contribution in [0.2, 0.25) is 0 Å². The Hall–Kier alpha value is -2.14. The molecule has 24 heavy (non-hydrogen) atoms. The number of benzene rings is 1. The summed E-state index contributed by atoms with van der Waals surface area (Å²) in [6.45, 7) is 6.73. The quantitative estimate of drug-likeness (QED) is 0.759. The van der Waals surface area contributed by atoms with Crippen molar-refractivity contribution in [2.75, 3.05) is 6.54 Å². The Morgan fingerprint density at radius 2 is 2.04 bits per heavy atom. The van der Waals surface area contributed by atoms with Crippen molar-refractivity contribution in [1.82, 2.24) is 5.32 Å². The lowest BCUT2D eigenvalue weighted by Crippen LogP contribution is -2.29. The number of nitrogens with one attached hydrogen (secondary N) is 1. The van der Waals surface area contributed by atoms with Gasteiger partial charge in [-0.15, -0.1) is 0 Å². The number of carboxylic acid groups (broad SMARTS) is 1. The third-order valence-electron chi connectivity index (χ3n) is 3.91. The molecule has 0 amide bonds. The second kappa shape index (κ2) is 8.11. The molecule has 1 atom stereocenters. The molecule has 5 heteroatoms. The number of carbonyl (C=O) groups is 1. The van der Waals surface area contributed by atoms with Crippen LogP contribution < -0.4 is 5.32 Å². The van der Waals surface area contributed by atoms with Gasteiger partial charge in [0, 0.05) is 12.1 Å². The molecule has 1 heterocycles. The summed E-state index contributed by atoms with van der Waals surface area (Å²) in [5.41, 5.74) is 1.66. The highest BCUT2D eigenvalue weighted by Crippen LogP contribution is 2.26. The molecule has 0 saturated heterocycles. The van der Waals surface area contributed by atoms with Crippen molar-refractivity contribution in [3.05, 3.63) is 47.5 Å². The van der Waals surface area contributed by atoms with Crippen molar-refractivity contribution >= 4 is 5.97 Å². The van der Waals surface area contributed by atoms with Gasteiger partial charge in [0.15, 0.2) is 0 Å². The van der Waals surface area contributed by atoms with Crippen LogP contribution >= 0.6 is 0 Å². The van der Waals surface area contributed by atoms with E-state index in [0.717, 1.165) is 16.9 Å². The molecule has 2 rings (SSSR count). The number of aryl methyl sites for hydroxylation is 1. The van der Waals surface area contributed by atoms with Crippen LogP contribution in [0.25, 0.3) is 11.3 Å². The van der Waals surface area contributed by atoms with Crippen LogP contribution in [-0.2, 0) is 11.3 Å². The molecule has 0 aliphatic carbocycles. The number of hydrogen-bond acceptors (Lipinski definition) is 3. The van der Waals surface area contributed by atoms with Gasteiger partial charge in [-0.25, -0.2) is 4.39 Å². The van der Waals surface area contributed by atoms with Gasteiger partial charge in [-0.1, -0.05) is 13.8 Å². The van der Waals surface area contributed by atoms with Crippen LogP contribution in [-0.4, -0.2) is 17.6 Å². The van der Waals surface area contributed by atoms with E-state index in [9.17, 15) is 14.3 Å². The predicted octanol–water partition coefficient (Wildman–Crippen LogP) is 4.23. The van der Waals surface area contributed by atoms with Crippen LogP contribution in [0.1, 0.15) is 31.6 Å². The van der Waals surface area contributed by atoms with Crippen LogP contribution in [0.3, 0.4) is 0 Å². The van der Waals surface area contributed by atoms with Gasteiger partial charge in [0.25, 0.3) is 0 Å². The maximum atomic E-state index is 13.2. The van der Waals surface area contributed by atoms with E-state index in [-0.39, 0.29) is 5.82 Å². The summed E-state index contributed by atoms with van der Waals surface area (Å²) in [7, 11) is 0. The second-order valence-corrected chi connectivity index (χ2v) is 6.52. The van der Waals surface area contributed by atoms with E-state index < -0.39 is 11.9 Å². The summed E-state index contributed by atoms with van der Waals surface area (Å²) >= 11 is 0. The molecule has 0 bridgehead atoms. The fraction of sp³-hybridized carbons (Fsp3) is 0.421. The summed E-state index contributed by atoms with van der Waals surface area (Å²) < 4.78 is 19.0. The summed E-state index contributed by atoms with van der Waals surface area (Å²) in [5, 5.41) is 12.4. The Labute approximate surface area is 141 Å². The molecule has 130 valence electrons. The van der Waals surface area contributed by atoms with Gasteiger partial charge in [-0.05, 0) is 55.2 Å². The standard InChI is InChI=1S/C19H24FNO3/c1-12(2)8-14(19(22)23)10-21-11-16-5-7-18(24-16)17-6-4-15(20)9-13(17)3/h4-7,9,12,14,21H,8,10-11H2,1-3H3,(H,22,23). The highest BCUT2D eigenvalue weighted by molar-refractivity contribution is 5.70. The summed E-state index contributed by atoms with van der Waals surface area (Å²) in [5.74, 6) is 0.292. The average Bonchev–Trinajstić information content (AvgIpc) is 2.94. The van der Waals surface area contributed by atoms with Crippen molar-refractivity contribution in [2.45, 2.75) is 33.7 Å². The Morgan fingerprint density at radius 3 is 2.67 bits per heavy atom. The first kappa shape index (κ1) is 18.2. The maximum absolute atomic E-state index is 13.2. The number of carboxylic acids is 1. The van der Waals surface area contributed by atoms with Crippen LogP contribution in [0.5, 0.6) is 0 Å². The molecular weight excluding hydrogens is 309 g/mol. The number of aliphatic carboxylic acids is 1. The average molecular weight is 333 g/mol. The van der Waals surface area contributed by atoms with Crippen LogP contribution in [0.15, 0.2) is 34.7 Å². The first-order valence-corrected chi connectivity index (χ1v) is 8.15. The predicted molar refractivity (Wildman–Crippen MR) is 91.1 cm³/mol. The first-order chi connectivity index (χ1) is 11.4. The number of halogens is 1. The van der Waals surface area contributed by atoms with Crippen molar-refractivity contribution < 1.29 is 18.7 Å². The molecule has 0 radical (unpaired) electrons. The lowest BCUT2D eigenvalue weighted by Gasteiger charge is -2.14. The molecule has 0 fully saturated rings. The molecule has 0 spiro atoms. The van der Waals surface area contributed by atoms with E-state index in [1.165, 1.54) is 12.1 Å². The lowest BCUT2D eigenvalue weighted by atomic mass is 9.97. The molecule has 1 unspecified atom stereocenters. The van der Waals surface area contributed by atoms with Gasteiger partial charge < -0.3 is 14.8 Å². The molecule has 1 aromatic carbocycles. The van der Waals surface area contributed by atoms with Gasteiger partial charge in [0.05, 0.1) is 12.5 Å². The molecule has 0 aliphatic heterocycles. The molecule has 4 nitrogen and oxygen atoms in total. The summed E-state index contributed by atoms with van der Waals surface area (Å²) in [6.07, 6.45) is 0.639. The van der Waals surface area contributed by atoms with E-state index in [4.69, 9.17) is 4.42 Å². The minimum absolute atomic E-state index is 0.269. The van der Waals surface area contributed by atoms with E-state index in [0.29, 0.717) is 31.2 Å². The fourth-order valence-corrected chi connectivity index (χ4v) is 2.73. The topological polar surface area (TPSA) is 62.5 Å². The molecule has 1 aromatic heterocycles. The number of rotatable bonds is 8. The van der Waals surface area contributed by atoms with E-state index in [2.05, 4.69) is 5.32 Å². The number of hydrogen-bond donors (Lipinski definition) is 2. The Morgan fingerprint density at radius 1 is 1.29 bits per heavy atom. The minimum Gasteiger partial charge on any atom is -0.481 e. The van der Waals surface area contributed by atoms with E-state index in [1.807, 2.05) is 32.9 Å². The Bertz CT molecular complexity index is 694. The number of furan rings is 1. The van der Waals surface area contributed by atoms with Gasteiger partial charge in [-0.2, -0.15) is 0 Å². The molecule has 2 aromatic rings. The molecule has 0 aliphatic rings. The van der Waals surface area contributed by atoms with Crippen LogP contribution in [0, 0.1) is 24.6 Å². The monoisotopic (exact) mass is 333 g/mol. The highest BCUT2D eigenvalue weighted by Gasteiger charge is 2.18. The zero-order chi connectivity index (χ0) is 17.7. The normalized spacial score (nSPS) is 12.5. The van der Waals surface area contributed by atoms with Gasteiger partial charge in [0.2, 0.25) is 0 Å². The fourth-order valence-electron chi connectivity index (χ4n) is 2.73. The van der Waals surface area contributed by atoms with Gasteiger partial charge in [0.1, 0.15) is 17.3 Å². The Balaban J connectivity index is 1.95. The highest BCUT2D eigenvalue weighted by atomic mass is 19.1. The maximum Gasteiger partial charge on any atom is 0.307 e. The molecule has 0 saturated carbocycles. The van der Waals surface area contributed by atoms with Crippen molar-refractivity contribution in [1.29, 1.82) is 0 Å². The Kier molecular flexibility index (Phi) is 6.15. The molecule has 2 N–H and O–H groups in total. The second-order valence-electron chi connectivity index (χ2n) is 6.52. The third-order valence-corrected chi connectivity index (χ3v) is 3.91. The van der Waals surface area contributed by atoms with Crippen molar-refractivity contribution in [2.24, 2.45) is 11.8 Å². The van der Waals surface area contributed by atoms with Crippen LogP contribution in [0.4, 0.5) is 4.39 Å². The van der Waals surface area contributed by atoms with Gasteiger partial charge in [-0.3, -0.25) is 4.79 Å². The summed E-state index contributed by atoms with van der Waals surface area (Å²) in [4.78, 5) is 11.2. The van der Waals surface area contributed by atoms with Gasteiger partial charge >= 0.3 is 5.97 Å². The van der Waals surface area contributed by atoms with E-state index >= 15 is 0 Å². The zero-order valence-corrected chi connectivity index (χ0v) is 14.3. The molecular formula is C19H24FNO3. The SMILES string of the molecule is Cc1cc(F)ccc1-c1ccc(CNCC(CC(C)C)C(=O)O)o1. The van der Waals surface area contributed by atoms with Crippen molar-refractivity contribution in [3.8, 4) is 11.3 Å². The minimum atomic E-state index is -0.779.